The first-order valence-corrected chi connectivity index (χ1v) is 7.96. The maximum atomic E-state index is 11.5. The Balaban J connectivity index is 3.25. The molecule has 0 aliphatic carbocycles. The summed E-state index contributed by atoms with van der Waals surface area (Å²) >= 11 is 0. The second-order valence-corrected chi connectivity index (χ2v) is 5.43. The van der Waals surface area contributed by atoms with Crippen LogP contribution >= 0.6 is 0 Å². The third-order valence-corrected chi connectivity index (χ3v) is 3.13. The second kappa shape index (κ2) is 13.1. The monoisotopic (exact) mass is 285 g/mol. The molecule has 0 bridgehead atoms. The van der Waals surface area contributed by atoms with E-state index in [0.29, 0.717) is 38.2 Å². The zero-order valence-electron chi connectivity index (χ0n) is 13.4. The molecule has 0 radical (unpaired) electrons. The van der Waals surface area contributed by atoms with Crippen molar-refractivity contribution in [2.45, 2.75) is 78.2 Å². The van der Waals surface area contributed by atoms with Gasteiger partial charge in [-0.15, -0.1) is 0 Å². The van der Waals surface area contributed by atoms with E-state index in [4.69, 9.17) is 4.74 Å². The Morgan fingerprint density at radius 1 is 1.00 bits per heavy atom. The molecule has 0 aliphatic heterocycles. The van der Waals surface area contributed by atoms with E-state index in [1.165, 1.54) is 0 Å². The number of hydrogen-bond acceptors (Lipinski definition) is 3. The SMILES string of the molecule is CCC(=O)CCCCCCCC(=O)NCCOC(C)C. The third kappa shape index (κ3) is 13.5. The van der Waals surface area contributed by atoms with Gasteiger partial charge in [0.2, 0.25) is 5.91 Å². The van der Waals surface area contributed by atoms with Crippen molar-refractivity contribution in [3.63, 3.8) is 0 Å². The van der Waals surface area contributed by atoms with Crippen molar-refractivity contribution in [3.05, 3.63) is 0 Å². The molecule has 0 unspecified atom stereocenters. The van der Waals surface area contributed by atoms with Crippen molar-refractivity contribution >= 4 is 11.7 Å². The number of nitrogens with one attached hydrogen (secondary N) is 1. The lowest BCUT2D eigenvalue weighted by Crippen LogP contribution is -2.27. The zero-order chi connectivity index (χ0) is 15.2. The highest BCUT2D eigenvalue weighted by molar-refractivity contribution is 5.77. The lowest BCUT2D eigenvalue weighted by atomic mass is 10.1. The van der Waals surface area contributed by atoms with Gasteiger partial charge in [0.1, 0.15) is 5.78 Å². The van der Waals surface area contributed by atoms with Gasteiger partial charge in [0.15, 0.2) is 0 Å². The molecule has 0 aliphatic rings. The average Bonchev–Trinajstić information content (AvgIpc) is 2.42. The van der Waals surface area contributed by atoms with E-state index in [2.05, 4.69) is 5.32 Å². The summed E-state index contributed by atoms with van der Waals surface area (Å²) in [6.07, 6.45) is 7.37. The predicted octanol–water partition coefficient (Wildman–Crippen LogP) is 3.24. The Morgan fingerprint density at radius 3 is 2.20 bits per heavy atom. The third-order valence-electron chi connectivity index (χ3n) is 3.13. The molecule has 0 aromatic carbocycles. The zero-order valence-corrected chi connectivity index (χ0v) is 13.4. The van der Waals surface area contributed by atoms with Gasteiger partial charge in [-0.25, -0.2) is 0 Å². The van der Waals surface area contributed by atoms with Gasteiger partial charge in [-0.1, -0.05) is 26.2 Å². The fourth-order valence-corrected chi connectivity index (χ4v) is 1.89. The van der Waals surface area contributed by atoms with Crippen molar-refractivity contribution < 1.29 is 14.3 Å². The number of rotatable bonds is 13. The standard InChI is InChI=1S/C16H31NO3/c1-4-15(18)10-8-6-5-7-9-11-16(19)17-12-13-20-14(2)3/h14H,4-13H2,1-3H3,(H,17,19). The number of ether oxygens (including phenoxy) is 1. The van der Waals surface area contributed by atoms with E-state index in [1.54, 1.807) is 0 Å². The van der Waals surface area contributed by atoms with E-state index in [9.17, 15) is 9.59 Å². The normalized spacial score (nSPS) is 10.8. The molecule has 118 valence electrons. The van der Waals surface area contributed by atoms with Crippen LogP contribution in [0.15, 0.2) is 0 Å². The Labute approximate surface area is 123 Å². The molecule has 0 atom stereocenters. The van der Waals surface area contributed by atoms with Crippen molar-refractivity contribution in [1.29, 1.82) is 0 Å². The molecule has 4 nitrogen and oxygen atoms in total. The van der Waals surface area contributed by atoms with Gasteiger partial charge in [-0.3, -0.25) is 9.59 Å². The van der Waals surface area contributed by atoms with Crippen LogP contribution in [0.1, 0.15) is 72.1 Å². The van der Waals surface area contributed by atoms with E-state index in [-0.39, 0.29) is 12.0 Å². The Kier molecular flexibility index (Phi) is 12.5. The lowest BCUT2D eigenvalue weighted by Gasteiger charge is -2.08. The minimum atomic E-state index is 0.110. The summed E-state index contributed by atoms with van der Waals surface area (Å²) in [7, 11) is 0. The number of hydrogen-bond donors (Lipinski definition) is 1. The van der Waals surface area contributed by atoms with E-state index >= 15 is 0 Å². The van der Waals surface area contributed by atoms with E-state index in [0.717, 1.165) is 32.1 Å². The fraction of sp³-hybridized carbons (Fsp3) is 0.875. The van der Waals surface area contributed by atoms with Crippen LogP contribution in [0.4, 0.5) is 0 Å². The van der Waals surface area contributed by atoms with Crippen LogP contribution in [-0.2, 0) is 14.3 Å². The van der Waals surface area contributed by atoms with Crippen molar-refractivity contribution in [2.24, 2.45) is 0 Å². The largest absolute Gasteiger partial charge is 0.377 e. The molecular formula is C16H31NO3. The van der Waals surface area contributed by atoms with Crippen LogP contribution < -0.4 is 5.32 Å². The summed E-state index contributed by atoms with van der Waals surface area (Å²) in [6.45, 7) is 7.05. The maximum Gasteiger partial charge on any atom is 0.220 e. The molecule has 0 rings (SSSR count). The topological polar surface area (TPSA) is 55.4 Å². The van der Waals surface area contributed by atoms with Gasteiger partial charge in [-0.2, -0.15) is 0 Å². The first-order chi connectivity index (χ1) is 9.56. The van der Waals surface area contributed by atoms with Crippen LogP contribution in [0.2, 0.25) is 0 Å². The minimum absolute atomic E-state index is 0.110. The van der Waals surface area contributed by atoms with Crippen molar-refractivity contribution in [2.75, 3.05) is 13.2 Å². The van der Waals surface area contributed by atoms with Crippen LogP contribution in [0.25, 0.3) is 0 Å². The average molecular weight is 285 g/mol. The van der Waals surface area contributed by atoms with Gasteiger partial charge in [-0.05, 0) is 26.7 Å². The molecule has 0 saturated heterocycles. The number of Topliss-reactive ketones (excluding diaryl/α,β-unsaturated/α-hetero) is 1. The molecule has 1 N–H and O–H groups in total. The molecule has 20 heavy (non-hydrogen) atoms. The Morgan fingerprint density at radius 2 is 1.60 bits per heavy atom. The highest BCUT2D eigenvalue weighted by Gasteiger charge is 2.01. The lowest BCUT2D eigenvalue weighted by molar-refractivity contribution is -0.121. The summed E-state index contributed by atoms with van der Waals surface area (Å²) in [5.41, 5.74) is 0. The predicted molar refractivity (Wildman–Crippen MR) is 81.7 cm³/mol. The molecule has 0 aromatic rings. The summed E-state index contributed by atoms with van der Waals surface area (Å²) in [5, 5.41) is 2.85. The molecular weight excluding hydrogens is 254 g/mol. The minimum Gasteiger partial charge on any atom is -0.377 e. The first kappa shape index (κ1) is 19.1. The molecule has 0 fully saturated rings. The van der Waals surface area contributed by atoms with Crippen LogP contribution in [0.5, 0.6) is 0 Å². The van der Waals surface area contributed by atoms with Crippen molar-refractivity contribution in [3.8, 4) is 0 Å². The van der Waals surface area contributed by atoms with Gasteiger partial charge >= 0.3 is 0 Å². The number of unbranched alkanes of at least 4 members (excludes halogenated alkanes) is 4. The van der Waals surface area contributed by atoms with Gasteiger partial charge in [0.25, 0.3) is 0 Å². The highest BCUT2D eigenvalue weighted by atomic mass is 16.5. The number of carbonyl (C=O) groups is 2. The summed E-state index contributed by atoms with van der Waals surface area (Å²) < 4.78 is 5.35. The number of ketones is 1. The quantitative estimate of drug-likeness (QED) is 0.529. The van der Waals surface area contributed by atoms with E-state index < -0.39 is 0 Å². The maximum absolute atomic E-state index is 11.5. The van der Waals surface area contributed by atoms with Crippen LogP contribution in [0.3, 0.4) is 0 Å². The molecule has 0 heterocycles. The fourth-order valence-electron chi connectivity index (χ4n) is 1.89. The summed E-state index contributed by atoms with van der Waals surface area (Å²) in [6, 6.07) is 0. The molecule has 0 spiro atoms. The Hall–Kier alpha value is -0.900. The smallest absolute Gasteiger partial charge is 0.220 e. The molecule has 1 amide bonds. The second-order valence-electron chi connectivity index (χ2n) is 5.43. The first-order valence-electron chi connectivity index (χ1n) is 7.96. The van der Waals surface area contributed by atoms with Gasteiger partial charge < -0.3 is 10.1 Å². The molecule has 0 aromatic heterocycles. The highest BCUT2D eigenvalue weighted by Crippen LogP contribution is 2.08. The summed E-state index contributed by atoms with van der Waals surface area (Å²) in [4.78, 5) is 22.6. The molecule has 4 heteroatoms. The molecule has 0 saturated carbocycles. The summed E-state index contributed by atoms with van der Waals surface area (Å²) in [5.74, 6) is 0.464. The van der Waals surface area contributed by atoms with Crippen LogP contribution in [0, 0.1) is 0 Å². The van der Waals surface area contributed by atoms with Crippen molar-refractivity contribution in [1.82, 2.24) is 5.32 Å². The van der Waals surface area contributed by atoms with Gasteiger partial charge in [0.05, 0.1) is 12.7 Å². The van der Waals surface area contributed by atoms with Crippen LogP contribution in [-0.4, -0.2) is 30.9 Å². The van der Waals surface area contributed by atoms with E-state index in [1.807, 2.05) is 20.8 Å². The Bertz CT molecular complexity index is 264. The van der Waals surface area contributed by atoms with Gasteiger partial charge in [0, 0.05) is 25.8 Å². The number of carbonyl (C=O) groups excluding carboxylic acids is 2. The number of amides is 1.